The van der Waals surface area contributed by atoms with Crippen LogP contribution < -0.4 is 0 Å². The summed E-state index contributed by atoms with van der Waals surface area (Å²) < 4.78 is 24.2. The molecule has 2 unspecified atom stereocenters. The Morgan fingerprint density at radius 1 is 1.50 bits per heavy atom. The summed E-state index contributed by atoms with van der Waals surface area (Å²) >= 11 is 0. The monoisotopic (exact) mass is 321 g/mol. The first-order valence-corrected chi connectivity index (χ1v) is 8.83. The molecule has 1 fully saturated rings. The highest BCUT2D eigenvalue weighted by molar-refractivity contribution is 8.13. The molecule has 20 heavy (non-hydrogen) atoms. The van der Waals surface area contributed by atoms with Crippen molar-refractivity contribution < 1.29 is 13.3 Å². The molecule has 0 saturated heterocycles. The molecule has 9 heteroatoms. The molecule has 1 aliphatic carbocycles. The molecule has 112 valence electrons. The van der Waals surface area contributed by atoms with Crippen molar-refractivity contribution in [2.75, 3.05) is 0 Å². The molecule has 1 saturated carbocycles. The molecule has 0 bridgehead atoms. The van der Waals surface area contributed by atoms with Crippen LogP contribution in [0.15, 0.2) is 11.1 Å². The minimum absolute atomic E-state index is 0.000355. The van der Waals surface area contributed by atoms with Crippen molar-refractivity contribution in [3.05, 3.63) is 16.3 Å². The van der Waals surface area contributed by atoms with Crippen LogP contribution in [0.1, 0.15) is 45.1 Å². The molecular weight excluding hydrogens is 306 g/mol. The van der Waals surface area contributed by atoms with Crippen molar-refractivity contribution in [2.24, 2.45) is 5.92 Å². The van der Waals surface area contributed by atoms with Gasteiger partial charge >= 0.3 is 5.82 Å². The van der Waals surface area contributed by atoms with Gasteiger partial charge in [-0.3, -0.25) is 0 Å². The number of nitro groups is 1. The lowest BCUT2D eigenvalue weighted by molar-refractivity contribution is -0.392. The number of nitrogens with zero attached hydrogens (tertiary/aromatic N) is 3. The summed E-state index contributed by atoms with van der Waals surface area (Å²) in [6.07, 6.45) is 6.13. The first kappa shape index (κ1) is 15.2. The van der Waals surface area contributed by atoms with Gasteiger partial charge in [0.05, 0.1) is 17.3 Å². The van der Waals surface area contributed by atoms with Gasteiger partial charge in [0.2, 0.25) is 4.90 Å². The highest BCUT2D eigenvalue weighted by Gasteiger charge is 2.35. The van der Waals surface area contributed by atoms with Crippen LogP contribution in [-0.4, -0.2) is 23.1 Å². The van der Waals surface area contributed by atoms with Crippen molar-refractivity contribution in [1.29, 1.82) is 0 Å². The zero-order chi connectivity index (χ0) is 14.9. The van der Waals surface area contributed by atoms with Gasteiger partial charge in [-0.05, 0) is 23.7 Å². The van der Waals surface area contributed by atoms with Crippen LogP contribution in [0.3, 0.4) is 0 Å². The van der Waals surface area contributed by atoms with E-state index in [-0.39, 0.29) is 6.04 Å². The fourth-order valence-electron chi connectivity index (χ4n) is 2.85. The molecule has 2 rings (SSSR count). The van der Waals surface area contributed by atoms with E-state index in [1.54, 1.807) is 0 Å². The molecule has 7 nitrogen and oxygen atoms in total. The lowest BCUT2D eigenvalue weighted by Crippen LogP contribution is -2.23. The van der Waals surface area contributed by atoms with E-state index >= 15 is 0 Å². The van der Waals surface area contributed by atoms with Crippen molar-refractivity contribution in [3.63, 3.8) is 0 Å². The van der Waals surface area contributed by atoms with E-state index in [0.29, 0.717) is 5.92 Å². The fraction of sp³-hybridized carbons (Fsp3) is 0.727. The van der Waals surface area contributed by atoms with Gasteiger partial charge < -0.3 is 10.1 Å². The minimum Gasteiger partial charge on any atom is -0.358 e. The summed E-state index contributed by atoms with van der Waals surface area (Å²) in [5, 5.41) is 14.8. The fourth-order valence-corrected chi connectivity index (χ4v) is 3.74. The number of halogens is 1. The number of aromatic nitrogens is 2. The maximum absolute atomic E-state index is 11.4. The second kappa shape index (κ2) is 5.69. The predicted molar refractivity (Wildman–Crippen MR) is 73.2 cm³/mol. The van der Waals surface area contributed by atoms with Crippen molar-refractivity contribution in [1.82, 2.24) is 9.78 Å². The third-order valence-corrected chi connectivity index (χ3v) is 5.16. The van der Waals surface area contributed by atoms with Crippen LogP contribution >= 0.6 is 10.7 Å². The molecule has 0 spiro atoms. The standard InChI is InChI=1S/C11H16ClN3O4S/c1-2-8-5-3-4-6-9(8)14-7-10(20(12,18)19)11(13-14)15(16)17/h7-9H,2-6H2,1H3. The number of hydrogen-bond acceptors (Lipinski definition) is 5. The number of rotatable bonds is 4. The topological polar surface area (TPSA) is 95.1 Å². The Kier molecular flexibility index (Phi) is 4.33. The van der Waals surface area contributed by atoms with Gasteiger partial charge in [0.1, 0.15) is 0 Å². The maximum Gasteiger partial charge on any atom is 0.410 e. The Labute approximate surface area is 121 Å². The second-order valence-electron chi connectivity index (χ2n) is 5.01. The van der Waals surface area contributed by atoms with E-state index in [9.17, 15) is 18.5 Å². The zero-order valence-electron chi connectivity index (χ0n) is 11.0. The Balaban J connectivity index is 2.45. The van der Waals surface area contributed by atoms with E-state index in [4.69, 9.17) is 10.7 Å². The lowest BCUT2D eigenvalue weighted by Gasteiger charge is -2.28. The van der Waals surface area contributed by atoms with Crippen molar-refractivity contribution in [2.45, 2.75) is 50.0 Å². The Morgan fingerprint density at radius 2 is 2.15 bits per heavy atom. The highest BCUT2D eigenvalue weighted by Crippen LogP contribution is 2.37. The minimum atomic E-state index is -4.17. The molecule has 0 amide bonds. The largest absolute Gasteiger partial charge is 0.410 e. The third kappa shape index (κ3) is 2.95. The molecular formula is C11H16ClN3O4S. The Hall–Kier alpha value is -1.15. The van der Waals surface area contributed by atoms with Gasteiger partial charge in [-0.2, -0.15) is 4.68 Å². The normalized spacial score (nSPS) is 23.7. The van der Waals surface area contributed by atoms with Gasteiger partial charge in [0, 0.05) is 10.7 Å². The Morgan fingerprint density at radius 3 is 2.65 bits per heavy atom. The molecule has 0 radical (unpaired) electrons. The molecule has 1 aromatic heterocycles. The van der Waals surface area contributed by atoms with Crippen LogP contribution in [0, 0.1) is 16.0 Å². The summed E-state index contributed by atoms with van der Waals surface area (Å²) in [5.74, 6) is -0.338. The molecule has 1 aliphatic rings. The van der Waals surface area contributed by atoms with Crippen LogP contribution in [0.2, 0.25) is 0 Å². The van der Waals surface area contributed by atoms with E-state index in [0.717, 1.165) is 32.1 Å². The molecule has 1 heterocycles. The third-order valence-electron chi connectivity index (χ3n) is 3.85. The lowest BCUT2D eigenvalue weighted by atomic mass is 9.83. The summed E-state index contributed by atoms with van der Waals surface area (Å²) in [6, 6.07) is -0.000355. The van der Waals surface area contributed by atoms with Crippen molar-refractivity contribution in [3.8, 4) is 0 Å². The van der Waals surface area contributed by atoms with Crippen LogP contribution in [0.5, 0.6) is 0 Å². The summed E-state index contributed by atoms with van der Waals surface area (Å²) in [6.45, 7) is 2.06. The Bertz CT molecular complexity index is 613. The summed E-state index contributed by atoms with van der Waals surface area (Å²) in [4.78, 5) is 9.59. The molecule has 2 atom stereocenters. The average molecular weight is 322 g/mol. The van der Waals surface area contributed by atoms with E-state index in [1.807, 2.05) is 0 Å². The van der Waals surface area contributed by atoms with Gasteiger partial charge in [-0.15, -0.1) is 0 Å². The van der Waals surface area contributed by atoms with Crippen LogP contribution in [0.4, 0.5) is 5.82 Å². The maximum atomic E-state index is 11.4. The van der Waals surface area contributed by atoms with E-state index in [1.165, 1.54) is 10.9 Å². The molecule has 0 aliphatic heterocycles. The summed E-state index contributed by atoms with van der Waals surface area (Å²) in [7, 11) is 1.07. The van der Waals surface area contributed by atoms with Crippen molar-refractivity contribution >= 4 is 25.6 Å². The average Bonchev–Trinajstić information content (AvgIpc) is 2.83. The number of hydrogen-bond donors (Lipinski definition) is 0. The molecule has 0 aromatic carbocycles. The van der Waals surface area contributed by atoms with Crippen LogP contribution in [0.25, 0.3) is 0 Å². The summed E-state index contributed by atoms with van der Waals surface area (Å²) in [5.41, 5.74) is 0. The first-order valence-electron chi connectivity index (χ1n) is 6.52. The van der Waals surface area contributed by atoms with Gasteiger partial charge in [0.15, 0.2) is 0 Å². The first-order chi connectivity index (χ1) is 9.34. The van der Waals surface area contributed by atoms with E-state index < -0.39 is 24.7 Å². The quantitative estimate of drug-likeness (QED) is 0.482. The van der Waals surface area contributed by atoms with Gasteiger partial charge in [-0.1, -0.05) is 26.2 Å². The zero-order valence-corrected chi connectivity index (χ0v) is 12.6. The smallest absolute Gasteiger partial charge is 0.358 e. The second-order valence-corrected chi connectivity index (χ2v) is 7.55. The van der Waals surface area contributed by atoms with E-state index in [2.05, 4.69) is 12.0 Å². The van der Waals surface area contributed by atoms with Crippen LogP contribution in [-0.2, 0) is 9.05 Å². The SMILES string of the molecule is CCC1CCCCC1n1cc(S(=O)(=O)Cl)c([N+](=O)[O-])n1. The van der Waals surface area contributed by atoms with Gasteiger partial charge in [0.25, 0.3) is 9.05 Å². The molecule has 0 N–H and O–H groups in total. The van der Waals surface area contributed by atoms with Gasteiger partial charge in [-0.25, -0.2) is 8.42 Å². The molecule has 1 aromatic rings. The highest BCUT2D eigenvalue weighted by atomic mass is 35.7. The predicted octanol–water partition coefficient (Wildman–Crippen LogP) is 2.86.